The highest BCUT2D eigenvalue weighted by atomic mass is 32.2. The normalized spacial score (nSPS) is 28.0. The molecule has 3 aromatic rings. The van der Waals surface area contributed by atoms with Crippen molar-refractivity contribution in [2.45, 2.75) is 41.9 Å². The van der Waals surface area contributed by atoms with Gasteiger partial charge < -0.3 is 30.3 Å². The molecule has 32 heavy (non-hydrogen) atoms. The SMILES string of the molecule is CSc1ccc(N2CC[C@H](Nc3ncnc4c3ncn4[C@@H]3O[C@H](CO)[C@H](O)[C@@H]3O)C2)nc1. The summed E-state index contributed by atoms with van der Waals surface area (Å²) in [4.78, 5) is 21.0. The average Bonchev–Trinajstić information content (AvgIpc) is 3.53. The molecule has 5 heterocycles. The van der Waals surface area contributed by atoms with Crippen LogP contribution in [0.15, 0.2) is 35.9 Å². The van der Waals surface area contributed by atoms with Gasteiger partial charge in [0.2, 0.25) is 0 Å². The molecule has 0 aliphatic carbocycles. The van der Waals surface area contributed by atoms with Gasteiger partial charge in [0.25, 0.3) is 0 Å². The van der Waals surface area contributed by atoms with E-state index in [1.807, 2.05) is 18.5 Å². The molecule has 2 fully saturated rings. The van der Waals surface area contributed by atoms with Crippen molar-refractivity contribution < 1.29 is 20.1 Å². The Kier molecular flexibility index (Phi) is 5.86. The highest BCUT2D eigenvalue weighted by molar-refractivity contribution is 7.98. The Bertz CT molecular complexity index is 1080. The first-order chi connectivity index (χ1) is 15.6. The van der Waals surface area contributed by atoms with E-state index in [0.717, 1.165) is 30.2 Å². The molecule has 5 rings (SSSR count). The first-order valence-electron chi connectivity index (χ1n) is 10.4. The maximum atomic E-state index is 10.4. The second-order valence-electron chi connectivity index (χ2n) is 7.91. The number of aliphatic hydroxyl groups is 3. The fraction of sp³-hybridized carbons (Fsp3) is 0.500. The van der Waals surface area contributed by atoms with Crippen LogP contribution in [0.25, 0.3) is 11.2 Å². The average molecular weight is 460 g/mol. The van der Waals surface area contributed by atoms with Crippen molar-refractivity contribution >= 4 is 34.6 Å². The number of pyridine rings is 1. The minimum Gasteiger partial charge on any atom is -0.394 e. The van der Waals surface area contributed by atoms with Crippen LogP contribution in [0.5, 0.6) is 0 Å². The zero-order valence-electron chi connectivity index (χ0n) is 17.4. The Morgan fingerprint density at radius 2 is 2.06 bits per heavy atom. The Morgan fingerprint density at radius 1 is 1.19 bits per heavy atom. The number of aromatic nitrogens is 5. The molecule has 0 saturated carbocycles. The molecule has 0 radical (unpaired) electrons. The third-order valence-corrected chi connectivity index (χ3v) is 6.67. The van der Waals surface area contributed by atoms with Gasteiger partial charge in [-0.2, -0.15) is 0 Å². The molecule has 0 amide bonds. The first kappa shape index (κ1) is 21.3. The van der Waals surface area contributed by atoms with Gasteiger partial charge in [-0.15, -0.1) is 11.8 Å². The molecule has 11 nitrogen and oxygen atoms in total. The molecule has 0 bridgehead atoms. The molecule has 0 unspecified atom stereocenters. The lowest BCUT2D eigenvalue weighted by Crippen LogP contribution is -2.33. The number of aliphatic hydroxyl groups excluding tert-OH is 3. The zero-order chi connectivity index (χ0) is 22.2. The maximum absolute atomic E-state index is 10.4. The van der Waals surface area contributed by atoms with Crippen molar-refractivity contribution in [2.75, 3.05) is 36.2 Å². The summed E-state index contributed by atoms with van der Waals surface area (Å²) in [6.45, 7) is 1.28. The predicted octanol–water partition coefficient (Wildman–Crippen LogP) is 0.245. The van der Waals surface area contributed by atoms with Crippen LogP contribution in [0.2, 0.25) is 0 Å². The van der Waals surface area contributed by atoms with Gasteiger partial charge in [0.05, 0.1) is 12.9 Å². The number of nitrogens with zero attached hydrogens (tertiary/aromatic N) is 6. The van der Waals surface area contributed by atoms with E-state index in [1.54, 1.807) is 16.3 Å². The van der Waals surface area contributed by atoms with Gasteiger partial charge >= 0.3 is 0 Å². The van der Waals surface area contributed by atoms with E-state index < -0.39 is 31.1 Å². The molecular formula is C20H25N7O4S. The second kappa shape index (κ2) is 8.79. The van der Waals surface area contributed by atoms with Crippen molar-refractivity contribution in [2.24, 2.45) is 0 Å². The van der Waals surface area contributed by atoms with Crippen LogP contribution < -0.4 is 10.2 Å². The fourth-order valence-corrected chi connectivity index (χ4v) is 4.58. The van der Waals surface area contributed by atoms with E-state index in [1.165, 1.54) is 12.7 Å². The van der Waals surface area contributed by atoms with E-state index in [9.17, 15) is 15.3 Å². The lowest BCUT2D eigenvalue weighted by molar-refractivity contribution is -0.0511. The summed E-state index contributed by atoms with van der Waals surface area (Å²) in [6.07, 6.45) is 3.62. The number of rotatable bonds is 6. The summed E-state index contributed by atoms with van der Waals surface area (Å²) in [6, 6.07) is 4.28. The minimum absolute atomic E-state index is 0.161. The van der Waals surface area contributed by atoms with Crippen molar-refractivity contribution in [3.8, 4) is 0 Å². The van der Waals surface area contributed by atoms with Crippen molar-refractivity contribution in [1.82, 2.24) is 24.5 Å². The number of hydrogen-bond acceptors (Lipinski definition) is 11. The first-order valence-corrected chi connectivity index (χ1v) is 11.6. The summed E-state index contributed by atoms with van der Waals surface area (Å²) < 4.78 is 7.18. The fourth-order valence-electron chi connectivity index (χ4n) is 4.21. The number of imidazole rings is 1. The van der Waals surface area contributed by atoms with Gasteiger partial charge in [-0.1, -0.05) is 0 Å². The Labute approximate surface area is 188 Å². The van der Waals surface area contributed by atoms with E-state index in [4.69, 9.17) is 4.74 Å². The van der Waals surface area contributed by atoms with E-state index in [2.05, 4.69) is 36.2 Å². The highest BCUT2D eigenvalue weighted by Crippen LogP contribution is 2.32. The molecule has 0 aromatic carbocycles. The summed E-state index contributed by atoms with van der Waals surface area (Å²) in [7, 11) is 0. The van der Waals surface area contributed by atoms with Gasteiger partial charge in [0.1, 0.15) is 30.5 Å². The second-order valence-corrected chi connectivity index (χ2v) is 8.79. The van der Waals surface area contributed by atoms with E-state index >= 15 is 0 Å². The summed E-state index contributed by atoms with van der Waals surface area (Å²) in [5, 5.41) is 33.2. The number of ether oxygens (including phenoxy) is 1. The number of thioether (sulfide) groups is 1. The van der Waals surface area contributed by atoms with E-state index in [0.29, 0.717) is 17.0 Å². The summed E-state index contributed by atoms with van der Waals surface area (Å²) in [5.41, 5.74) is 1.02. The standard InChI is InChI=1S/C20H25N7O4S/c1-32-12-2-3-14(21-6-12)26-5-4-11(7-26)25-18-15-19(23-9-22-18)27(10-24-15)20-17(30)16(29)13(8-28)31-20/h2-3,6,9-11,13,16-17,20,28-30H,4-5,7-8H2,1H3,(H,22,23,25)/t11-,13+,16-,17-,20+/m0/s1. The molecule has 5 atom stereocenters. The van der Waals surface area contributed by atoms with E-state index in [-0.39, 0.29) is 6.04 Å². The Balaban J connectivity index is 1.32. The molecule has 2 aliphatic heterocycles. The number of anilines is 2. The lowest BCUT2D eigenvalue weighted by Gasteiger charge is -2.18. The Hall–Kier alpha value is -2.51. The topological polar surface area (TPSA) is 142 Å². The van der Waals surface area contributed by atoms with Gasteiger partial charge in [-0.05, 0) is 24.8 Å². The van der Waals surface area contributed by atoms with Crippen LogP contribution in [-0.4, -0.2) is 90.1 Å². The largest absolute Gasteiger partial charge is 0.394 e. The van der Waals surface area contributed by atoms with Gasteiger partial charge in [-0.3, -0.25) is 4.57 Å². The molecular weight excluding hydrogens is 434 g/mol. The highest BCUT2D eigenvalue weighted by Gasteiger charge is 2.44. The van der Waals surface area contributed by atoms with Crippen LogP contribution in [0.3, 0.4) is 0 Å². The van der Waals surface area contributed by atoms with Crippen LogP contribution in [0, 0.1) is 0 Å². The molecule has 12 heteroatoms. The number of hydrogen-bond donors (Lipinski definition) is 4. The summed E-state index contributed by atoms with van der Waals surface area (Å²) in [5.74, 6) is 1.55. The predicted molar refractivity (Wildman–Crippen MR) is 119 cm³/mol. The van der Waals surface area contributed by atoms with Crippen molar-refractivity contribution in [1.29, 1.82) is 0 Å². The van der Waals surface area contributed by atoms with Gasteiger partial charge in [0, 0.05) is 30.2 Å². The minimum atomic E-state index is -1.20. The number of fused-ring (bicyclic) bond motifs is 1. The molecule has 4 N–H and O–H groups in total. The molecule has 2 saturated heterocycles. The van der Waals surface area contributed by atoms with Crippen molar-refractivity contribution in [3.05, 3.63) is 31.0 Å². The maximum Gasteiger partial charge on any atom is 0.167 e. The van der Waals surface area contributed by atoms with Gasteiger partial charge in [-0.25, -0.2) is 19.9 Å². The van der Waals surface area contributed by atoms with Crippen LogP contribution in [-0.2, 0) is 4.74 Å². The third kappa shape index (κ3) is 3.77. The van der Waals surface area contributed by atoms with Crippen LogP contribution in [0.4, 0.5) is 11.6 Å². The van der Waals surface area contributed by atoms with Crippen LogP contribution in [0.1, 0.15) is 12.6 Å². The molecule has 0 spiro atoms. The monoisotopic (exact) mass is 459 g/mol. The van der Waals surface area contributed by atoms with Crippen LogP contribution >= 0.6 is 11.8 Å². The lowest BCUT2D eigenvalue weighted by atomic mass is 10.1. The zero-order valence-corrected chi connectivity index (χ0v) is 18.3. The quantitative estimate of drug-likeness (QED) is 0.377. The number of nitrogens with one attached hydrogen (secondary N) is 1. The van der Waals surface area contributed by atoms with Crippen molar-refractivity contribution in [3.63, 3.8) is 0 Å². The Morgan fingerprint density at radius 3 is 2.78 bits per heavy atom. The molecule has 170 valence electrons. The molecule has 3 aromatic heterocycles. The third-order valence-electron chi connectivity index (χ3n) is 5.96. The smallest absolute Gasteiger partial charge is 0.167 e. The van der Waals surface area contributed by atoms with Gasteiger partial charge in [0.15, 0.2) is 23.2 Å². The summed E-state index contributed by atoms with van der Waals surface area (Å²) >= 11 is 1.67. The molecule has 2 aliphatic rings.